The van der Waals surface area contributed by atoms with Crippen LogP contribution in [-0.4, -0.2) is 64.8 Å². The van der Waals surface area contributed by atoms with E-state index in [1.807, 2.05) is 310 Å². The maximum absolute atomic E-state index is 4.25. The second-order valence-electron chi connectivity index (χ2n) is 32.6. The molecule has 0 N–H and O–H groups in total. The highest BCUT2D eigenvalue weighted by Crippen LogP contribution is 2.31. The summed E-state index contributed by atoms with van der Waals surface area (Å²) in [7, 11) is 0. The smallest absolute Gasteiger partial charge is 0.162 e. The normalized spacial score (nSPS) is 9.89. The van der Waals surface area contributed by atoms with E-state index in [-0.39, 0.29) is 0 Å². The Labute approximate surface area is 866 Å². The van der Waals surface area contributed by atoms with Gasteiger partial charge in [-0.1, -0.05) is 497 Å². The molecule has 13 nitrogen and oxygen atoms in total. The number of hydrogen-bond donors (Lipinski definition) is 0. The zero-order chi connectivity index (χ0) is 101. The molecule has 0 bridgehead atoms. The SMILES string of the molecule is c1ccc(-c2ccc(-c3ccccc3)cc2)cc1.c1ccc(-c2ccc(-c3ccncc3)cc2)cc1.c1ccc(-c2cccc3ccccc23)cc1.c1ccc(-c2ccccc2)cc1.c1ccc(-c2ccccn2)cc1.c1ccc(-c2cccnc2)cc1.c1ccc(-c2ccncc2)cc1.c1ccc(-c2cnccn2)cc1.c1ccc(-c2cncnc2)cc1.c1ccc(-c2ncccn2)cc1.c1ccc(-c2ncncn2)cc1. The minimum atomic E-state index is 0.714. The summed E-state index contributed by atoms with van der Waals surface area (Å²) < 4.78 is 0. The molecule has 0 aliphatic heterocycles. The van der Waals surface area contributed by atoms with Gasteiger partial charge in [0.1, 0.15) is 19.0 Å². The molecule has 0 atom stereocenters. The molecule has 0 aliphatic carbocycles. The molecule has 0 fully saturated rings. The van der Waals surface area contributed by atoms with Gasteiger partial charge in [0.2, 0.25) is 0 Å². The molecule has 25 rings (SSSR count). The molecule has 712 valence electrons. The summed E-state index contributed by atoms with van der Waals surface area (Å²) in [4.78, 5) is 52.5. The molecule has 25 aromatic rings. The number of benzene rings is 17. The highest BCUT2D eigenvalue weighted by molar-refractivity contribution is 5.96. The minimum Gasteiger partial charge on any atom is -0.265 e. The van der Waals surface area contributed by atoms with E-state index in [0.717, 1.165) is 56.2 Å². The third kappa shape index (κ3) is 33.8. The van der Waals surface area contributed by atoms with Crippen molar-refractivity contribution in [3.05, 3.63) is 652 Å². The van der Waals surface area contributed by atoms with Crippen molar-refractivity contribution < 1.29 is 0 Å². The van der Waals surface area contributed by atoms with Gasteiger partial charge in [-0.3, -0.25) is 29.9 Å². The van der Waals surface area contributed by atoms with Crippen molar-refractivity contribution in [2.75, 3.05) is 0 Å². The van der Waals surface area contributed by atoms with E-state index < -0.39 is 0 Å². The van der Waals surface area contributed by atoms with Crippen molar-refractivity contribution >= 4 is 10.8 Å². The largest absolute Gasteiger partial charge is 0.265 e. The maximum Gasteiger partial charge on any atom is 0.162 e. The van der Waals surface area contributed by atoms with Gasteiger partial charge < -0.3 is 0 Å². The van der Waals surface area contributed by atoms with Crippen molar-refractivity contribution in [3.8, 4) is 145 Å². The van der Waals surface area contributed by atoms with Crippen LogP contribution in [0.2, 0.25) is 0 Å². The molecule has 0 aliphatic rings. The maximum atomic E-state index is 4.25. The fourth-order valence-electron chi connectivity index (χ4n) is 15.1. The molecule has 0 unspecified atom stereocenters. The lowest BCUT2D eigenvalue weighted by Gasteiger charge is -2.06. The summed E-state index contributed by atoms with van der Waals surface area (Å²) in [6.45, 7) is 0. The van der Waals surface area contributed by atoms with Crippen LogP contribution in [0.3, 0.4) is 0 Å². The van der Waals surface area contributed by atoms with Crippen LogP contribution in [0.1, 0.15) is 0 Å². The summed E-state index contributed by atoms with van der Waals surface area (Å²) in [6.07, 6.45) is 29.5. The first kappa shape index (κ1) is 102. The average Bonchev–Trinajstić information content (AvgIpc) is 0.803. The van der Waals surface area contributed by atoms with E-state index in [0.29, 0.717) is 5.82 Å². The van der Waals surface area contributed by atoms with Gasteiger partial charge in [0.05, 0.1) is 17.6 Å². The summed E-state index contributed by atoms with van der Waals surface area (Å²) in [5.41, 5.74) is 28.4. The lowest BCUT2D eigenvalue weighted by Crippen LogP contribution is -1.87. The third-order valence-electron chi connectivity index (χ3n) is 22.6. The van der Waals surface area contributed by atoms with Gasteiger partial charge in [-0.05, 0) is 154 Å². The Morgan fingerprint density at radius 2 is 0.385 bits per heavy atom. The number of aromatic nitrogens is 13. The molecule has 17 aromatic carbocycles. The number of rotatable bonds is 13. The lowest BCUT2D eigenvalue weighted by atomic mass is 9.98. The highest BCUT2D eigenvalue weighted by Gasteiger charge is 2.07. The molecule has 0 spiro atoms. The van der Waals surface area contributed by atoms with Gasteiger partial charge in [-0.2, -0.15) is 0 Å². The molecular weight excluding hydrogens is 1800 g/mol. The molecule has 13 heteroatoms. The van der Waals surface area contributed by atoms with Gasteiger partial charge >= 0.3 is 0 Å². The van der Waals surface area contributed by atoms with Crippen LogP contribution in [0.4, 0.5) is 0 Å². The number of hydrogen-bond acceptors (Lipinski definition) is 13. The van der Waals surface area contributed by atoms with Crippen LogP contribution >= 0.6 is 0 Å². The Kier molecular flexibility index (Phi) is 41.1. The summed E-state index contributed by atoms with van der Waals surface area (Å²) in [5, 5.41) is 2.61. The molecule has 148 heavy (non-hydrogen) atoms. The average molecular weight is 1910 g/mol. The Bertz CT molecular complexity index is 6390. The Hall–Kier alpha value is -20.2. The predicted octanol–water partition coefficient (Wildman–Crippen LogP) is 33.5. The van der Waals surface area contributed by atoms with Gasteiger partial charge in [0.25, 0.3) is 0 Å². The lowest BCUT2D eigenvalue weighted by molar-refractivity contribution is 1.06. The van der Waals surface area contributed by atoms with Crippen LogP contribution in [0, 0.1) is 0 Å². The van der Waals surface area contributed by atoms with Crippen LogP contribution in [0.5, 0.6) is 0 Å². The summed E-state index contributed by atoms with van der Waals surface area (Å²) >= 11 is 0. The topological polar surface area (TPSA) is 168 Å². The van der Waals surface area contributed by atoms with E-state index in [9.17, 15) is 0 Å². The molecule has 0 saturated carbocycles. The third-order valence-corrected chi connectivity index (χ3v) is 22.6. The molecule has 0 saturated heterocycles. The van der Waals surface area contributed by atoms with Gasteiger partial charge in [-0.25, -0.2) is 34.9 Å². The second kappa shape index (κ2) is 59.4. The predicted molar refractivity (Wildman–Crippen MR) is 610 cm³/mol. The standard InChI is InChI=1S/C18H14.C17H13N.C16H12.C12H10.3C11H9N.3C10H8N2.C9H7N3/c1-3-7-15(8-4-1)17-11-13-18(14-12-17)16-9-5-2-6-10-16;1-2-4-14(5-3-1)15-6-8-16(9-7-15)17-10-12-18-13-11-17;1-2-7-13(8-3-1)16-12-6-10-14-9-4-5-11-15(14)16;1-3-7-11(8-4-1)12-9-5-2-6-10-12;1-2-6-10(7-3-1)11-8-4-5-9-12-11;1-2-5-10(6-3-1)11-7-4-8-12-9-11;1-2-4-10(5-3-1)11-6-8-12-9-7-11;1-2-5-9(6-3-1)10-11-7-4-8-12-10;1-2-4-9(5-3-1)10-6-11-8-12-7-10;1-2-4-9(5-3-1)10-8-11-6-7-12-10;1-2-4-8(5-3-1)9-11-6-10-7-12-9/h1-14H;1-13H;1-12H;1-10H;3*1-9H;3*1-8H;1-7H. The Morgan fingerprint density at radius 1 is 0.108 bits per heavy atom. The molecule has 8 heterocycles. The van der Waals surface area contributed by atoms with Crippen LogP contribution in [0.15, 0.2) is 652 Å². The van der Waals surface area contributed by atoms with Gasteiger partial charge in [-0.15, -0.1) is 0 Å². The van der Waals surface area contributed by atoms with E-state index in [1.54, 1.807) is 37.2 Å². The van der Waals surface area contributed by atoms with Crippen LogP contribution in [-0.2, 0) is 0 Å². The minimum absolute atomic E-state index is 0.714. The molecule has 0 amide bonds. The van der Waals surface area contributed by atoms with Crippen molar-refractivity contribution in [2.45, 2.75) is 0 Å². The van der Waals surface area contributed by atoms with E-state index in [4.69, 9.17) is 0 Å². The van der Waals surface area contributed by atoms with Gasteiger partial charge in [0, 0.05) is 108 Å². The first-order valence-corrected chi connectivity index (χ1v) is 48.4. The van der Waals surface area contributed by atoms with Crippen LogP contribution < -0.4 is 0 Å². The van der Waals surface area contributed by atoms with Crippen LogP contribution in [0.25, 0.3) is 156 Å². The quantitative estimate of drug-likeness (QED) is 0.107. The number of pyridine rings is 4. The van der Waals surface area contributed by atoms with Crippen molar-refractivity contribution in [1.82, 2.24) is 64.8 Å². The Balaban J connectivity index is 0.000000122. The van der Waals surface area contributed by atoms with Crippen molar-refractivity contribution in [3.63, 3.8) is 0 Å². The van der Waals surface area contributed by atoms with E-state index >= 15 is 0 Å². The van der Waals surface area contributed by atoms with Crippen molar-refractivity contribution in [2.24, 2.45) is 0 Å². The fraction of sp³-hybridized carbons (Fsp3) is 0. The zero-order valence-electron chi connectivity index (χ0n) is 81.6. The Morgan fingerprint density at radius 3 is 0.743 bits per heavy atom. The summed E-state index contributed by atoms with van der Waals surface area (Å²) in [6, 6.07) is 185. The highest BCUT2D eigenvalue weighted by atomic mass is 15.0. The number of nitrogens with zero attached hydrogens (tertiary/aromatic N) is 13. The van der Waals surface area contributed by atoms with Gasteiger partial charge in [0.15, 0.2) is 11.6 Å². The van der Waals surface area contributed by atoms with E-state index in [1.165, 1.54) is 113 Å². The zero-order valence-corrected chi connectivity index (χ0v) is 81.6. The monoisotopic (exact) mass is 1910 g/mol. The van der Waals surface area contributed by atoms with Crippen molar-refractivity contribution in [1.29, 1.82) is 0 Å². The number of fused-ring (bicyclic) bond motifs is 1. The van der Waals surface area contributed by atoms with E-state index in [2.05, 4.69) is 350 Å². The summed E-state index contributed by atoms with van der Waals surface area (Å²) in [5.74, 6) is 1.49. The fourth-order valence-corrected chi connectivity index (χ4v) is 15.1. The second-order valence-corrected chi connectivity index (χ2v) is 32.6. The molecule has 0 radical (unpaired) electrons. The first-order chi connectivity index (χ1) is 73.5. The molecule has 8 aromatic heterocycles. The molecular formula is C135H107N13. The first-order valence-electron chi connectivity index (χ1n) is 48.4.